The molecule has 0 radical (unpaired) electrons. The third kappa shape index (κ3) is 3.33. The van der Waals surface area contributed by atoms with Crippen LogP contribution >= 0.6 is 0 Å². The number of aromatic nitrogens is 2. The number of aryl methyl sites for hydroxylation is 1. The van der Waals surface area contributed by atoms with Gasteiger partial charge in [-0.25, -0.2) is 14.8 Å². The van der Waals surface area contributed by atoms with Gasteiger partial charge in [-0.3, -0.25) is 0 Å². The van der Waals surface area contributed by atoms with Crippen molar-refractivity contribution >= 4 is 16.7 Å². The summed E-state index contributed by atoms with van der Waals surface area (Å²) in [5.41, 5.74) is 2.38. The van der Waals surface area contributed by atoms with E-state index in [9.17, 15) is 4.79 Å². The monoisotopic (exact) mass is 303 g/mol. The predicted molar refractivity (Wildman–Crippen MR) is 84.6 cm³/mol. The lowest BCUT2D eigenvalue weighted by Crippen LogP contribution is -2.07. The topological polar surface area (TPSA) is 75.9 Å². The molecule has 0 aliphatic rings. The normalized spacial score (nSPS) is 10.3. The molecular formula is C18H13N3O2. The minimum atomic E-state index is -0.497. The molecule has 0 saturated carbocycles. The third-order valence-electron chi connectivity index (χ3n) is 3.40. The first-order valence-corrected chi connectivity index (χ1v) is 7.04. The summed E-state index contributed by atoms with van der Waals surface area (Å²) < 4.78 is 5.25. The van der Waals surface area contributed by atoms with Gasteiger partial charge in [0.1, 0.15) is 24.1 Å². The minimum Gasteiger partial charge on any atom is -0.456 e. The zero-order valence-electron chi connectivity index (χ0n) is 12.5. The van der Waals surface area contributed by atoms with Crippen LogP contribution in [0.25, 0.3) is 10.8 Å². The van der Waals surface area contributed by atoms with Crippen molar-refractivity contribution in [3.8, 4) is 6.07 Å². The molecule has 3 aromatic rings. The van der Waals surface area contributed by atoms with Gasteiger partial charge in [0.05, 0.1) is 0 Å². The molecule has 0 saturated heterocycles. The lowest BCUT2D eigenvalue weighted by molar-refractivity contribution is 0.0466. The smallest absolute Gasteiger partial charge is 0.357 e. The maximum Gasteiger partial charge on any atom is 0.357 e. The fourth-order valence-electron chi connectivity index (χ4n) is 2.22. The molecule has 0 bridgehead atoms. The van der Waals surface area contributed by atoms with Crippen molar-refractivity contribution < 1.29 is 9.53 Å². The SMILES string of the molecule is Cc1ccc2cnc(C(=O)OCc3ccnc(C#N)c3)cc2c1. The molecule has 0 spiro atoms. The van der Waals surface area contributed by atoms with Gasteiger partial charge in [0, 0.05) is 17.8 Å². The first-order chi connectivity index (χ1) is 11.2. The van der Waals surface area contributed by atoms with Crippen LogP contribution in [-0.2, 0) is 11.3 Å². The first kappa shape index (κ1) is 14.7. The van der Waals surface area contributed by atoms with E-state index in [4.69, 9.17) is 10.00 Å². The number of rotatable bonds is 3. The molecule has 5 nitrogen and oxygen atoms in total. The maximum atomic E-state index is 12.1. The number of fused-ring (bicyclic) bond motifs is 1. The van der Waals surface area contributed by atoms with Crippen molar-refractivity contribution in [3.05, 3.63) is 71.3 Å². The van der Waals surface area contributed by atoms with Gasteiger partial charge >= 0.3 is 5.97 Å². The highest BCUT2D eigenvalue weighted by atomic mass is 16.5. The highest BCUT2D eigenvalue weighted by Crippen LogP contribution is 2.16. The summed E-state index contributed by atoms with van der Waals surface area (Å²) in [4.78, 5) is 20.2. The average Bonchev–Trinajstić information content (AvgIpc) is 2.59. The number of esters is 1. The van der Waals surface area contributed by atoms with E-state index < -0.39 is 5.97 Å². The Morgan fingerprint density at radius 3 is 2.87 bits per heavy atom. The standard InChI is InChI=1S/C18H13N3O2/c1-12-2-3-14-10-21-17(8-15(14)6-12)18(22)23-11-13-4-5-20-16(7-13)9-19/h2-8,10H,11H2,1H3. The van der Waals surface area contributed by atoms with Crippen LogP contribution in [0.4, 0.5) is 0 Å². The Labute approximate surface area is 133 Å². The van der Waals surface area contributed by atoms with E-state index in [1.54, 1.807) is 24.4 Å². The third-order valence-corrected chi connectivity index (χ3v) is 3.40. The van der Waals surface area contributed by atoms with Crippen molar-refractivity contribution in [2.75, 3.05) is 0 Å². The Morgan fingerprint density at radius 1 is 1.17 bits per heavy atom. The van der Waals surface area contributed by atoms with Crippen molar-refractivity contribution in [1.29, 1.82) is 5.26 Å². The molecule has 0 atom stereocenters. The summed E-state index contributed by atoms with van der Waals surface area (Å²) in [6, 6.07) is 12.9. The first-order valence-electron chi connectivity index (χ1n) is 7.04. The Hall–Kier alpha value is -3.26. The Morgan fingerprint density at radius 2 is 2.04 bits per heavy atom. The van der Waals surface area contributed by atoms with Crippen LogP contribution in [-0.4, -0.2) is 15.9 Å². The predicted octanol–water partition coefficient (Wildman–Crippen LogP) is 3.17. The molecule has 2 heterocycles. The molecule has 3 rings (SSSR count). The van der Waals surface area contributed by atoms with E-state index in [0.29, 0.717) is 5.56 Å². The number of carbonyl (C=O) groups excluding carboxylic acids is 1. The summed E-state index contributed by atoms with van der Waals surface area (Å²) in [6.45, 7) is 2.07. The summed E-state index contributed by atoms with van der Waals surface area (Å²) in [6.07, 6.45) is 3.17. The highest BCUT2D eigenvalue weighted by Gasteiger charge is 2.10. The second-order valence-corrected chi connectivity index (χ2v) is 5.16. The zero-order valence-corrected chi connectivity index (χ0v) is 12.5. The second kappa shape index (κ2) is 6.24. The summed E-state index contributed by atoms with van der Waals surface area (Å²) >= 11 is 0. The van der Waals surface area contributed by atoms with Gasteiger partial charge in [0.25, 0.3) is 0 Å². The number of carbonyl (C=O) groups is 1. The molecule has 5 heteroatoms. The van der Waals surface area contributed by atoms with Gasteiger partial charge in [0.15, 0.2) is 0 Å². The Kier molecular flexibility index (Phi) is 3.98. The van der Waals surface area contributed by atoms with Crippen molar-refractivity contribution in [3.63, 3.8) is 0 Å². The minimum absolute atomic E-state index is 0.0730. The molecule has 0 unspecified atom stereocenters. The largest absolute Gasteiger partial charge is 0.456 e. The highest BCUT2D eigenvalue weighted by molar-refractivity contribution is 5.93. The summed E-state index contributed by atoms with van der Waals surface area (Å²) in [5, 5.41) is 10.7. The molecule has 0 amide bonds. The van der Waals surface area contributed by atoms with E-state index in [1.165, 1.54) is 6.20 Å². The van der Waals surface area contributed by atoms with Crippen LogP contribution in [0.1, 0.15) is 27.3 Å². The number of pyridine rings is 2. The quantitative estimate of drug-likeness (QED) is 0.695. The number of hydrogen-bond acceptors (Lipinski definition) is 5. The number of benzene rings is 1. The van der Waals surface area contributed by atoms with Crippen LogP contribution in [0.2, 0.25) is 0 Å². The van der Waals surface area contributed by atoms with Crippen LogP contribution in [0.5, 0.6) is 0 Å². The molecule has 1 aromatic carbocycles. The van der Waals surface area contributed by atoms with Crippen molar-refractivity contribution in [2.24, 2.45) is 0 Å². The van der Waals surface area contributed by atoms with Gasteiger partial charge in [0.2, 0.25) is 0 Å². The van der Waals surface area contributed by atoms with Crippen molar-refractivity contribution in [2.45, 2.75) is 13.5 Å². The fraction of sp³-hybridized carbons (Fsp3) is 0.111. The van der Waals surface area contributed by atoms with Gasteiger partial charge in [-0.2, -0.15) is 5.26 Å². The van der Waals surface area contributed by atoms with E-state index in [2.05, 4.69) is 9.97 Å². The van der Waals surface area contributed by atoms with Crippen molar-refractivity contribution in [1.82, 2.24) is 9.97 Å². The average molecular weight is 303 g/mol. The van der Waals surface area contributed by atoms with Crippen LogP contribution in [0, 0.1) is 18.3 Å². The van der Waals surface area contributed by atoms with Gasteiger partial charge in [-0.1, -0.05) is 23.8 Å². The van der Waals surface area contributed by atoms with Gasteiger partial charge < -0.3 is 4.74 Å². The molecule has 2 aromatic heterocycles. The Balaban J connectivity index is 1.76. The maximum absolute atomic E-state index is 12.1. The van der Waals surface area contributed by atoms with Crippen LogP contribution in [0.3, 0.4) is 0 Å². The second-order valence-electron chi connectivity index (χ2n) is 5.16. The summed E-state index contributed by atoms with van der Waals surface area (Å²) in [5.74, 6) is -0.497. The molecule has 0 aliphatic carbocycles. The van der Waals surface area contributed by atoms with Crippen LogP contribution in [0.15, 0.2) is 48.8 Å². The number of ether oxygens (including phenoxy) is 1. The molecule has 0 fully saturated rings. The van der Waals surface area contributed by atoms with E-state index in [1.807, 2.05) is 31.2 Å². The molecule has 23 heavy (non-hydrogen) atoms. The lowest BCUT2D eigenvalue weighted by atomic mass is 10.1. The molecule has 0 N–H and O–H groups in total. The molecule has 112 valence electrons. The van der Waals surface area contributed by atoms with Gasteiger partial charge in [-0.15, -0.1) is 0 Å². The number of nitrogens with zero attached hydrogens (tertiary/aromatic N) is 3. The Bertz CT molecular complexity index is 929. The molecular weight excluding hydrogens is 290 g/mol. The summed E-state index contributed by atoms with van der Waals surface area (Å²) in [7, 11) is 0. The molecule has 0 aliphatic heterocycles. The fourth-order valence-corrected chi connectivity index (χ4v) is 2.22. The van der Waals surface area contributed by atoms with E-state index >= 15 is 0 Å². The zero-order chi connectivity index (χ0) is 16.2. The van der Waals surface area contributed by atoms with E-state index in [-0.39, 0.29) is 18.0 Å². The number of nitriles is 1. The lowest BCUT2D eigenvalue weighted by Gasteiger charge is -2.06. The van der Waals surface area contributed by atoms with Crippen LogP contribution < -0.4 is 0 Å². The number of hydrogen-bond donors (Lipinski definition) is 0. The van der Waals surface area contributed by atoms with E-state index in [0.717, 1.165) is 16.3 Å². The van der Waals surface area contributed by atoms with Gasteiger partial charge in [-0.05, 0) is 36.1 Å².